The number of aromatic nitrogens is 4. The SMILES string of the molecule is Cl.O=C(Cc1ccc(-n2cnnn2)cc1)N1CCC2CCC(C1)N2. The normalized spacial score (nSPS) is 22.8. The van der Waals surface area contributed by atoms with E-state index in [1.54, 1.807) is 11.0 Å². The van der Waals surface area contributed by atoms with Crippen LogP contribution in [-0.2, 0) is 11.2 Å². The van der Waals surface area contributed by atoms with E-state index >= 15 is 0 Å². The molecule has 2 aliphatic heterocycles. The first-order valence-corrected chi connectivity index (χ1v) is 8.14. The highest BCUT2D eigenvalue weighted by Gasteiger charge is 2.30. The number of carbonyl (C=O) groups is 1. The first kappa shape index (κ1) is 16.9. The molecule has 2 unspecified atom stereocenters. The van der Waals surface area contributed by atoms with Crippen molar-refractivity contribution in [1.29, 1.82) is 0 Å². The summed E-state index contributed by atoms with van der Waals surface area (Å²) in [6.45, 7) is 1.72. The molecule has 0 aliphatic carbocycles. The van der Waals surface area contributed by atoms with Gasteiger partial charge < -0.3 is 10.2 Å². The topological polar surface area (TPSA) is 75.9 Å². The number of carbonyl (C=O) groups excluding carboxylic acids is 1. The highest BCUT2D eigenvalue weighted by molar-refractivity contribution is 5.85. The van der Waals surface area contributed by atoms with Crippen molar-refractivity contribution < 1.29 is 4.79 Å². The molecule has 2 fully saturated rings. The van der Waals surface area contributed by atoms with Gasteiger partial charge in [-0.05, 0) is 47.4 Å². The second-order valence-electron chi connectivity index (χ2n) is 6.36. The van der Waals surface area contributed by atoms with Gasteiger partial charge in [0.25, 0.3) is 0 Å². The molecule has 128 valence electrons. The van der Waals surface area contributed by atoms with E-state index in [-0.39, 0.29) is 18.3 Å². The molecule has 2 aromatic rings. The Kier molecular flexibility index (Phi) is 5.11. The number of tetrazole rings is 1. The maximum absolute atomic E-state index is 12.6. The summed E-state index contributed by atoms with van der Waals surface area (Å²) >= 11 is 0. The summed E-state index contributed by atoms with van der Waals surface area (Å²) in [5.41, 5.74) is 1.91. The summed E-state index contributed by atoms with van der Waals surface area (Å²) in [6, 6.07) is 8.89. The Bertz CT molecular complexity index is 674. The van der Waals surface area contributed by atoms with E-state index in [4.69, 9.17) is 0 Å². The lowest BCUT2D eigenvalue weighted by Gasteiger charge is -2.24. The fourth-order valence-corrected chi connectivity index (χ4v) is 3.50. The number of hydrogen-bond acceptors (Lipinski definition) is 5. The zero-order valence-electron chi connectivity index (χ0n) is 13.3. The lowest BCUT2D eigenvalue weighted by Crippen LogP contribution is -2.39. The van der Waals surface area contributed by atoms with Crippen LogP contribution in [0.5, 0.6) is 0 Å². The van der Waals surface area contributed by atoms with Crippen LogP contribution >= 0.6 is 12.4 Å². The lowest BCUT2D eigenvalue weighted by molar-refractivity contribution is -0.130. The largest absolute Gasteiger partial charge is 0.341 e. The second-order valence-corrected chi connectivity index (χ2v) is 6.36. The van der Waals surface area contributed by atoms with Gasteiger partial charge in [0.1, 0.15) is 6.33 Å². The van der Waals surface area contributed by atoms with Crippen LogP contribution < -0.4 is 5.32 Å². The van der Waals surface area contributed by atoms with Gasteiger partial charge >= 0.3 is 0 Å². The number of amides is 1. The van der Waals surface area contributed by atoms with Gasteiger partial charge in [0.2, 0.25) is 5.91 Å². The van der Waals surface area contributed by atoms with Crippen LogP contribution in [-0.4, -0.2) is 56.2 Å². The Morgan fingerprint density at radius 1 is 1.17 bits per heavy atom. The monoisotopic (exact) mass is 348 g/mol. The summed E-state index contributed by atoms with van der Waals surface area (Å²) in [6.07, 6.45) is 5.52. The number of fused-ring (bicyclic) bond motifs is 2. The van der Waals surface area contributed by atoms with Gasteiger partial charge in [-0.1, -0.05) is 12.1 Å². The van der Waals surface area contributed by atoms with Crippen molar-refractivity contribution in [1.82, 2.24) is 30.4 Å². The Labute approximate surface area is 146 Å². The summed E-state index contributed by atoms with van der Waals surface area (Å²) in [5, 5.41) is 14.7. The molecule has 2 bridgehead atoms. The average molecular weight is 349 g/mol. The number of nitrogens with one attached hydrogen (secondary N) is 1. The van der Waals surface area contributed by atoms with Gasteiger partial charge in [0, 0.05) is 25.2 Å². The molecule has 8 heteroatoms. The van der Waals surface area contributed by atoms with E-state index in [1.807, 2.05) is 29.2 Å². The molecule has 2 aliphatic rings. The lowest BCUT2D eigenvalue weighted by atomic mass is 10.1. The van der Waals surface area contributed by atoms with E-state index in [0.29, 0.717) is 18.5 Å². The molecular formula is C16H21ClN6O. The molecule has 3 heterocycles. The van der Waals surface area contributed by atoms with Gasteiger partial charge in [0.05, 0.1) is 12.1 Å². The highest BCUT2D eigenvalue weighted by atomic mass is 35.5. The molecular weight excluding hydrogens is 328 g/mol. The fraction of sp³-hybridized carbons (Fsp3) is 0.500. The summed E-state index contributed by atoms with van der Waals surface area (Å²) < 4.78 is 1.60. The molecule has 1 aromatic heterocycles. The standard InChI is InChI=1S/C16H20N6O.ClH/c23-16(21-8-7-13-3-4-14(10-21)18-13)9-12-1-5-15(6-2-12)22-11-17-19-20-22;/h1-2,5-6,11,13-14,18H,3-4,7-10H2;1H. The van der Waals surface area contributed by atoms with Crippen molar-refractivity contribution in [3.05, 3.63) is 36.2 Å². The second kappa shape index (κ2) is 7.27. The van der Waals surface area contributed by atoms with E-state index in [2.05, 4.69) is 20.8 Å². The smallest absolute Gasteiger partial charge is 0.227 e. The minimum atomic E-state index is 0. The van der Waals surface area contributed by atoms with Crippen LogP contribution in [0.2, 0.25) is 0 Å². The zero-order chi connectivity index (χ0) is 15.6. The first-order valence-electron chi connectivity index (χ1n) is 8.14. The van der Waals surface area contributed by atoms with Crippen LogP contribution in [0.4, 0.5) is 0 Å². The van der Waals surface area contributed by atoms with Gasteiger partial charge in [-0.2, -0.15) is 0 Å². The molecule has 2 saturated heterocycles. The van der Waals surface area contributed by atoms with E-state index in [0.717, 1.165) is 30.8 Å². The van der Waals surface area contributed by atoms with Crippen molar-refractivity contribution in [2.45, 2.75) is 37.8 Å². The van der Waals surface area contributed by atoms with Crippen molar-refractivity contribution in [3.8, 4) is 5.69 Å². The van der Waals surface area contributed by atoms with Crippen molar-refractivity contribution in [3.63, 3.8) is 0 Å². The molecule has 1 amide bonds. The Morgan fingerprint density at radius 2 is 1.96 bits per heavy atom. The maximum atomic E-state index is 12.6. The van der Waals surface area contributed by atoms with Crippen molar-refractivity contribution >= 4 is 18.3 Å². The molecule has 0 saturated carbocycles. The number of benzene rings is 1. The third-order valence-corrected chi connectivity index (χ3v) is 4.78. The minimum Gasteiger partial charge on any atom is -0.341 e. The summed E-state index contributed by atoms with van der Waals surface area (Å²) in [7, 11) is 0. The van der Waals surface area contributed by atoms with Crippen LogP contribution in [0.15, 0.2) is 30.6 Å². The third-order valence-electron chi connectivity index (χ3n) is 4.78. The molecule has 0 spiro atoms. The molecule has 1 aromatic carbocycles. The Morgan fingerprint density at radius 3 is 2.71 bits per heavy atom. The molecule has 24 heavy (non-hydrogen) atoms. The van der Waals surface area contributed by atoms with Crippen LogP contribution in [0, 0.1) is 0 Å². The van der Waals surface area contributed by atoms with E-state index in [9.17, 15) is 4.79 Å². The minimum absolute atomic E-state index is 0. The molecule has 1 N–H and O–H groups in total. The van der Waals surface area contributed by atoms with E-state index in [1.165, 1.54) is 12.8 Å². The van der Waals surface area contributed by atoms with Gasteiger partial charge in [-0.25, -0.2) is 4.68 Å². The van der Waals surface area contributed by atoms with Gasteiger partial charge in [0.15, 0.2) is 0 Å². The Balaban J connectivity index is 0.00000169. The predicted octanol–water partition coefficient (Wildman–Crippen LogP) is 0.979. The quantitative estimate of drug-likeness (QED) is 0.894. The number of rotatable bonds is 3. The highest BCUT2D eigenvalue weighted by Crippen LogP contribution is 2.21. The van der Waals surface area contributed by atoms with Crippen LogP contribution in [0.3, 0.4) is 0 Å². The molecule has 0 radical (unpaired) electrons. The zero-order valence-corrected chi connectivity index (χ0v) is 14.2. The number of halogens is 1. The molecule has 4 rings (SSSR count). The maximum Gasteiger partial charge on any atom is 0.227 e. The third kappa shape index (κ3) is 3.57. The van der Waals surface area contributed by atoms with Crippen molar-refractivity contribution in [2.75, 3.05) is 13.1 Å². The Hall–Kier alpha value is -1.99. The molecule has 7 nitrogen and oxygen atoms in total. The predicted molar refractivity (Wildman–Crippen MR) is 91.2 cm³/mol. The van der Waals surface area contributed by atoms with Crippen molar-refractivity contribution in [2.24, 2.45) is 0 Å². The molecule has 2 atom stereocenters. The van der Waals surface area contributed by atoms with Gasteiger partial charge in [-0.15, -0.1) is 17.5 Å². The van der Waals surface area contributed by atoms with Crippen LogP contribution in [0.1, 0.15) is 24.8 Å². The summed E-state index contributed by atoms with van der Waals surface area (Å²) in [5.74, 6) is 0.217. The van der Waals surface area contributed by atoms with E-state index < -0.39 is 0 Å². The first-order chi connectivity index (χ1) is 11.3. The van der Waals surface area contributed by atoms with Crippen LogP contribution in [0.25, 0.3) is 5.69 Å². The number of nitrogens with zero attached hydrogens (tertiary/aromatic N) is 5. The number of likely N-dealkylation sites (tertiary alicyclic amines) is 1. The fourth-order valence-electron chi connectivity index (χ4n) is 3.50. The van der Waals surface area contributed by atoms with Gasteiger partial charge in [-0.3, -0.25) is 4.79 Å². The average Bonchev–Trinajstić information content (AvgIpc) is 3.18. The number of hydrogen-bond donors (Lipinski definition) is 1. The summed E-state index contributed by atoms with van der Waals surface area (Å²) in [4.78, 5) is 14.6.